The van der Waals surface area contributed by atoms with Gasteiger partial charge in [-0.05, 0) is 20.8 Å². The molecule has 3 rings (SSSR count). The fraction of sp³-hybridized carbons (Fsp3) is 0.647. The zero-order valence-electron chi connectivity index (χ0n) is 15.3. The van der Waals surface area contributed by atoms with E-state index in [0.717, 1.165) is 0 Å². The van der Waals surface area contributed by atoms with E-state index in [1.807, 2.05) is 13.8 Å². The average Bonchev–Trinajstić information content (AvgIpc) is 2.89. The summed E-state index contributed by atoms with van der Waals surface area (Å²) in [6.45, 7) is 7.86. The first-order valence-electron chi connectivity index (χ1n) is 8.83. The van der Waals surface area contributed by atoms with Gasteiger partial charge in [0.25, 0.3) is 5.56 Å². The topological polar surface area (TPSA) is 95.6 Å². The summed E-state index contributed by atoms with van der Waals surface area (Å²) in [5.74, 6) is 0.00526. The minimum Gasteiger partial charge on any atom is -0.441 e. The molecular formula is C17H24N4O4S. The molecule has 0 aliphatic carbocycles. The van der Waals surface area contributed by atoms with Gasteiger partial charge in [-0.2, -0.15) is 0 Å². The van der Waals surface area contributed by atoms with Gasteiger partial charge in [-0.3, -0.25) is 9.59 Å². The number of H-pyrrole nitrogens is 1. The van der Waals surface area contributed by atoms with E-state index in [2.05, 4.69) is 9.97 Å². The van der Waals surface area contributed by atoms with Crippen molar-refractivity contribution in [2.24, 2.45) is 0 Å². The Kier molecular flexibility index (Phi) is 5.27. The maximum absolute atomic E-state index is 12.7. The second kappa shape index (κ2) is 7.30. The van der Waals surface area contributed by atoms with Crippen LogP contribution in [-0.2, 0) is 9.53 Å². The molecule has 2 aliphatic rings. The number of ether oxygens (including phenoxy) is 1. The van der Waals surface area contributed by atoms with Crippen molar-refractivity contribution in [3.63, 3.8) is 0 Å². The molecular weight excluding hydrogens is 356 g/mol. The van der Waals surface area contributed by atoms with E-state index in [-0.39, 0.29) is 22.8 Å². The van der Waals surface area contributed by atoms with Gasteiger partial charge >= 0.3 is 6.09 Å². The van der Waals surface area contributed by atoms with Crippen LogP contribution in [0.25, 0.3) is 0 Å². The first kappa shape index (κ1) is 18.8. The predicted octanol–water partition coefficient (Wildman–Crippen LogP) is 1.39. The van der Waals surface area contributed by atoms with Crippen molar-refractivity contribution in [2.45, 2.75) is 49.6 Å². The highest BCUT2D eigenvalue weighted by Gasteiger charge is 2.47. The summed E-state index contributed by atoms with van der Waals surface area (Å²) >= 11 is 1.25. The molecule has 1 aromatic heterocycles. The minimum absolute atomic E-state index is 0.00526. The molecule has 1 atom stereocenters. The number of piperidine rings is 1. The Hall–Kier alpha value is -2.03. The number of aromatic nitrogens is 2. The van der Waals surface area contributed by atoms with Crippen LogP contribution in [-0.4, -0.2) is 68.8 Å². The zero-order valence-corrected chi connectivity index (χ0v) is 16.1. The Bertz CT molecular complexity index is 757. The monoisotopic (exact) mass is 380 g/mol. The number of amides is 2. The van der Waals surface area contributed by atoms with Crippen LogP contribution in [0.3, 0.4) is 0 Å². The minimum atomic E-state index is -0.455. The number of aryl methyl sites for hydroxylation is 1. The fourth-order valence-corrected chi connectivity index (χ4v) is 4.35. The molecule has 1 spiro atoms. The van der Waals surface area contributed by atoms with E-state index in [9.17, 15) is 14.4 Å². The summed E-state index contributed by atoms with van der Waals surface area (Å²) in [5.41, 5.74) is -0.0497. The lowest BCUT2D eigenvalue weighted by Crippen LogP contribution is -2.50. The summed E-state index contributed by atoms with van der Waals surface area (Å²) in [5, 5.41) is 0.0971. The van der Waals surface area contributed by atoms with Crippen LogP contribution in [0, 0.1) is 6.92 Å². The van der Waals surface area contributed by atoms with Crippen LogP contribution in [0.2, 0.25) is 0 Å². The Morgan fingerprint density at radius 3 is 2.69 bits per heavy atom. The number of rotatable bonds is 4. The van der Waals surface area contributed by atoms with Crippen LogP contribution in [0.15, 0.2) is 16.0 Å². The van der Waals surface area contributed by atoms with Gasteiger partial charge in [0.15, 0.2) is 5.16 Å². The number of hydrogen-bond donors (Lipinski definition) is 1. The van der Waals surface area contributed by atoms with E-state index in [4.69, 9.17) is 4.74 Å². The molecule has 1 unspecified atom stereocenters. The molecule has 0 saturated carbocycles. The molecule has 2 amide bonds. The van der Waals surface area contributed by atoms with Gasteiger partial charge in [0.2, 0.25) is 5.91 Å². The number of likely N-dealkylation sites (tertiary alicyclic amines) is 1. The van der Waals surface area contributed by atoms with Crippen molar-refractivity contribution in [3.05, 3.63) is 22.1 Å². The van der Waals surface area contributed by atoms with Crippen LogP contribution >= 0.6 is 11.8 Å². The normalized spacial score (nSPS) is 20.3. The Labute approximate surface area is 156 Å². The molecule has 3 heterocycles. The van der Waals surface area contributed by atoms with Gasteiger partial charge in [-0.15, -0.1) is 0 Å². The molecule has 1 aromatic rings. The summed E-state index contributed by atoms with van der Waals surface area (Å²) in [4.78, 5) is 46.5. The maximum Gasteiger partial charge on any atom is 0.410 e. The lowest BCUT2D eigenvalue weighted by molar-refractivity contribution is -0.133. The van der Waals surface area contributed by atoms with Crippen molar-refractivity contribution < 1.29 is 14.3 Å². The van der Waals surface area contributed by atoms with E-state index < -0.39 is 5.60 Å². The third kappa shape index (κ3) is 3.87. The molecule has 8 nitrogen and oxygen atoms in total. The molecule has 9 heteroatoms. The quantitative estimate of drug-likeness (QED) is 0.626. The standard InChI is InChI=1S/C17H24N4O4S/c1-4-20-10-17(25-16(20)24)5-7-21(8-6-17)14(23)12(3)26-15-18-11(2)9-13(22)19-15/h9,12H,4-8,10H2,1-3H3,(H,18,19,22). The molecule has 0 aromatic carbocycles. The van der Waals surface area contributed by atoms with Crippen LogP contribution < -0.4 is 5.56 Å². The summed E-state index contributed by atoms with van der Waals surface area (Å²) in [7, 11) is 0. The van der Waals surface area contributed by atoms with Gasteiger partial charge < -0.3 is 19.5 Å². The third-order valence-corrected chi connectivity index (χ3v) is 5.87. The number of thioether (sulfide) groups is 1. The Morgan fingerprint density at radius 2 is 2.12 bits per heavy atom. The number of nitrogens with one attached hydrogen (secondary N) is 1. The van der Waals surface area contributed by atoms with Gasteiger partial charge in [0, 0.05) is 44.2 Å². The van der Waals surface area contributed by atoms with E-state index in [1.165, 1.54) is 17.8 Å². The molecule has 1 N–H and O–H groups in total. The Balaban J connectivity index is 1.58. The van der Waals surface area contributed by atoms with Gasteiger partial charge in [0.05, 0.1) is 11.8 Å². The van der Waals surface area contributed by atoms with Crippen molar-refractivity contribution in [1.82, 2.24) is 19.8 Å². The first-order chi connectivity index (χ1) is 12.3. The number of aromatic amines is 1. The molecule has 2 fully saturated rings. The second-order valence-corrected chi connectivity index (χ2v) is 8.17. The number of nitrogens with zero attached hydrogens (tertiary/aromatic N) is 3. The van der Waals surface area contributed by atoms with Crippen LogP contribution in [0.4, 0.5) is 4.79 Å². The Morgan fingerprint density at radius 1 is 1.42 bits per heavy atom. The second-order valence-electron chi connectivity index (χ2n) is 6.84. The predicted molar refractivity (Wildman–Crippen MR) is 97.2 cm³/mol. The van der Waals surface area contributed by atoms with Crippen molar-refractivity contribution in [3.8, 4) is 0 Å². The average molecular weight is 380 g/mol. The lowest BCUT2D eigenvalue weighted by atomic mass is 9.91. The lowest BCUT2D eigenvalue weighted by Gasteiger charge is -2.38. The van der Waals surface area contributed by atoms with Gasteiger partial charge in [-0.25, -0.2) is 9.78 Å². The smallest absolute Gasteiger partial charge is 0.410 e. The van der Waals surface area contributed by atoms with E-state index in [1.54, 1.807) is 16.7 Å². The van der Waals surface area contributed by atoms with Crippen molar-refractivity contribution in [2.75, 3.05) is 26.2 Å². The number of likely N-dealkylation sites (N-methyl/N-ethyl adjacent to an activating group) is 1. The molecule has 0 radical (unpaired) electrons. The van der Waals surface area contributed by atoms with Crippen molar-refractivity contribution >= 4 is 23.8 Å². The largest absolute Gasteiger partial charge is 0.441 e. The highest BCUT2D eigenvalue weighted by atomic mass is 32.2. The number of carbonyl (C=O) groups excluding carboxylic acids is 2. The van der Waals surface area contributed by atoms with Gasteiger partial charge in [0.1, 0.15) is 5.60 Å². The van der Waals surface area contributed by atoms with Gasteiger partial charge in [-0.1, -0.05) is 11.8 Å². The van der Waals surface area contributed by atoms with Crippen molar-refractivity contribution in [1.29, 1.82) is 0 Å². The zero-order chi connectivity index (χ0) is 18.9. The first-order valence-corrected chi connectivity index (χ1v) is 9.71. The molecule has 26 heavy (non-hydrogen) atoms. The maximum atomic E-state index is 12.7. The molecule has 0 bridgehead atoms. The van der Waals surface area contributed by atoms with E-state index >= 15 is 0 Å². The fourth-order valence-electron chi connectivity index (χ4n) is 3.41. The van der Waals surface area contributed by atoms with E-state index in [0.29, 0.717) is 49.9 Å². The van der Waals surface area contributed by atoms with Crippen LogP contribution in [0.5, 0.6) is 0 Å². The SMILES string of the molecule is CCN1CC2(CCN(C(=O)C(C)Sc3nc(C)cc(=O)[nH]3)CC2)OC1=O. The summed E-state index contributed by atoms with van der Waals surface area (Å²) < 4.78 is 5.60. The summed E-state index contributed by atoms with van der Waals surface area (Å²) in [6, 6.07) is 1.42. The highest BCUT2D eigenvalue weighted by molar-refractivity contribution is 8.00. The number of hydrogen-bond acceptors (Lipinski definition) is 6. The third-order valence-electron chi connectivity index (χ3n) is 4.89. The molecule has 142 valence electrons. The summed E-state index contributed by atoms with van der Waals surface area (Å²) in [6.07, 6.45) is 1.04. The van der Waals surface area contributed by atoms with Crippen LogP contribution in [0.1, 0.15) is 32.4 Å². The molecule has 2 saturated heterocycles. The highest BCUT2D eigenvalue weighted by Crippen LogP contribution is 2.34. The molecule has 2 aliphatic heterocycles. The number of carbonyl (C=O) groups is 2.